The highest BCUT2D eigenvalue weighted by Gasteiger charge is 2.08. The van der Waals surface area contributed by atoms with E-state index in [0.29, 0.717) is 0 Å². The van der Waals surface area contributed by atoms with Crippen LogP contribution in [0.1, 0.15) is 38.7 Å². The van der Waals surface area contributed by atoms with Crippen molar-refractivity contribution in [2.75, 3.05) is 20.1 Å². The standard InChI is InChI=1S/C14H26N2O/c1-5-12(3)10-16(4)11-14-8-7-13(17-14)9-15-6-2/h7-8,12,15H,5-6,9-11H2,1-4H3. The van der Waals surface area contributed by atoms with Gasteiger partial charge in [-0.2, -0.15) is 0 Å². The summed E-state index contributed by atoms with van der Waals surface area (Å²) in [5.74, 6) is 2.83. The summed E-state index contributed by atoms with van der Waals surface area (Å²) in [4.78, 5) is 2.32. The molecule has 1 heterocycles. The molecular formula is C14H26N2O. The lowest BCUT2D eigenvalue weighted by Crippen LogP contribution is -2.23. The molecule has 0 aliphatic heterocycles. The van der Waals surface area contributed by atoms with Crippen molar-refractivity contribution in [3.8, 4) is 0 Å². The van der Waals surface area contributed by atoms with Crippen molar-refractivity contribution in [3.63, 3.8) is 0 Å². The van der Waals surface area contributed by atoms with Gasteiger partial charge in [0.1, 0.15) is 11.5 Å². The predicted octanol–water partition coefficient (Wildman–Crippen LogP) is 2.87. The molecule has 3 heteroatoms. The van der Waals surface area contributed by atoms with Gasteiger partial charge in [0.2, 0.25) is 0 Å². The number of nitrogens with one attached hydrogen (secondary N) is 1. The van der Waals surface area contributed by atoms with Crippen LogP contribution in [0.4, 0.5) is 0 Å². The van der Waals surface area contributed by atoms with E-state index in [9.17, 15) is 0 Å². The molecule has 98 valence electrons. The van der Waals surface area contributed by atoms with Crippen molar-refractivity contribution in [2.45, 2.75) is 40.3 Å². The Labute approximate surface area is 105 Å². The quantitative estimate of drug-likeness (QED) is 0.755. The van der Waals surface area contributed by atoms with Gasteiger partial charge in [0, 0.05) is 6.54 Å². The SMILES string of the molecule is CCNCc1ccc(CN(C)CC(C)CC)o1. The van der Waals surface area contributed by atoms with E-state index in [1.54, 1.807) is 0 Å². The molecule has 1 N–H and O–H groups in total. The van der Waals surface area contributed by atoms with Crippen molar-refractivity contribution < 1.29 is 4.42 Å². The zero-order valence-corrected chi connectivity index (χ0v) is 11.6. The molecule has 1 aromatic heterocycles. The first-order chi connectivity index (χ1) is 8.15. The summed E-state index contributed by atoms with van der Waals surface area (Å²) in [5, 5.41) is 3.27. The third kappa shape index (κ3) is 5.37. The molecule has 0 aliphatic carbocycles. The largest absolute Gasteiger partial charge is 0.463 e. The summed E-state index contributed by atoms with van der Waals surface area (Å²) in [6.45, 7) is 10.4. The van der Waals surface area contributed by atoms with Crippen LogP contribution in [0.5, 0.6) is 0 Å². The molecule has 1 atom stereocenters. The van der Waals surface area contributed by atoms with E-state index in [1.165, 1.54) is 6.42 Å². The third-order valence-corrected chi connectivity index (χ3v) is 3.01. The topological polar surface area (TPSA) is 28.4 Å². The summed E-state index contributed by atoms with van der Waals surface area (Å²) >= 11 is 0. The van der Waals surface area contributed by atoms with Crippen LogP contribution in [0.15, 0.2) is 16.5 Å². The second-order valence-corrected chi connectivity index (χ2v) is 4.86. The lowest BCUT2D eigenvalue weighted by molar-refractivity contribution is 0.251. The predicted molar refractivity (Wildman–Crippen MR) is 71.9 cm³/mol. The van der Waals surface area contributed by atoms with E-state index < -0.39 is 0 Å². The number of nitrogens with zero attached hydrogens (tertiary/aromatic N) is 1. The van der Waals surface area contributed by atoms with Crippen LogP contribution in [-0.4, -0.2) is 25.0 Å². The maximum Gasteiger partial charge on any atom is 0.118 e. The van der Waals surface area contributed by atoms with Gasteiger partial charge in [-0.15, -0.1) is 0 Å². The Bertz CT molecular complexity index is 309. The van der Waals surface area contributed by atoms with E-state index in [-0.39, 0.29) is 0 Å². The minimum absolute atomic E-state index is 0.746. The maximum absolute atomic E-state index is 5.77. The molecule has 1 unspecified atom stereocenters. The van der Waals surface area contributed by atoms with Crippen molar-refractivity contribution in [1.82, 2.24) is 10.2 Å². The van der Waals surface area contributed by atoms with Crippen molar-refractivity contribution in [3.05, 3.63) is 23.7 Å². The monoisotopic (exact) mass is 238 g/mol. The van der Waals surface area contributed by atoms with Gasteiger partial charge >= 0.3 is 0 Å². The Hall–Kier alpha value is -0.800. The van der Waals surface area contributed by atoms with Crippen LogP contribution in [0.25, 0.3) is 0 Å². The van der Waals surface area contributed by atoms with Crippen molar-refractivity contribution >= 4 is 0 Å². The Kier molecular flexibility index (Phi) is 6.30. The summed E-state index contributed by atoms with van der Waals surface area (Å²) in [6.07, 6.45) is 1.23. The zero-order chi connectivity index (χ0) is 12.7. The molecule has 0 spiro atoms. The third-order valence-electron chi connectivity index (χ3n) is 3.01. The lowest BCUT2D eigenvalue weighted by Gasteiger charge is -2.19. The number of furan rings is 1. The highest BCUT2D eigenvalue weighted by atomic mass is 16.3. The first-order valence-electron chi connectivity index (χ1n) is 6.62. The van der Waals surface area contributed by atoms with Gasteiger partial charge in [-0.05, 0) is 31.6 Å². The molecule has 0 bridgehead atoms. The minimum Gasteiger partial charge on any atom is -0.463 e. The second kappa shape index (κ2) is 7.51. The molecule has 1 aromatic rings. The van der Waals surface area contributed by atoms with Crippen LogP contribution in [0, 0.1) is 5.92 Å². The first kappa shape index (κ1) is 14.3. The average Bonchev–Trinajstić information content (AvgIpc) is 2.73. The number of hydrogen-bond acceptors (Lipinski definition) is 3. The molecule has 0 aliphatic rings. The van der Waals surface area contributed by atoms with E-state index in [2.05, 4.69) is 50.2 Å². The highest BCUT2D eigenvalue weighted by molar-refractivity contribution is 5.06. The maximum atomic E-state index is 5.77. The highest BCUT2D eigenvalue weighted by Crippen LogP contribution is 2.11. The lowest BCUT2D eigenvalue weighted by atomic mass is 10.1. The van der Waals surface area contributed by atoms with Gasteiger partial charge in [0.25, 0.3) is 0 Å². The molecule has 0 amide bonds. The molecule has 0 saturated heterocycles. The fourth-order valence-electron chi connectivity index (χ4n) is 1.84. The van der Waals surface area contributed by atoms with Crippen LogP contribution in [0.3, 0.4) is 0 Å². The Morgan fingerprint density at radius 3 is 2.65 bits per heavy atom. The molecule has 17 heavy (non-hydrogen) atoms. The Balaban J connectivity index is 2.37. The molecule has 1 rings (SSSR count). The van der Waals surface area contributed by atoms with Gasteiger partial charge in [-0.3, -0.25) is 4.90 Å². The molecule has 3 nitrogen and oxygen atoms in total. The van der Waals surface area contributed by atoms with Crippen LogP contribution < -0.4 is 5.32 Å². The Morgan fingerprint density at radius 1 is 1.29 bits per heavy atom. The zero-order valence-electron chi connectivity index (χ0n) is 11.6. The first-order valence-corrected chi connectivity index (χ1v) is 6.62. The molecule has 0 fully saturated rings. The van der Waals surface area contributed by atoms with Gasteiger partial charge < -0.3 is 9.73 Å². The second-order valence-electron chi connectivity index (χ2n) is 4.86. The van der Waals surface area contributed by atoms with Crippen LogP contribution in [-0.2, 0) is 13.1 Å². The van der Waals surface area contributed by atoms with Gasteiger partial charge in [0.05, 0.1) is 13.1 Å². The van der Waals surface area contributed by atoms with Crippen LogP contribution >= 0.6 is 0 Å². The molecule has 0 saturated carbocycles. The fourth-order valence-corrected chi connectivity index (χ4v) is 1.84. The molecule has 0 radical (unpaired) electrons. The fraction of sp³-hybridized carbons (Fsp3) is 0.714. The summed E-state index contributed by atoms with van der Waals surface area (Å²) < 4.78 is 5.77. The van der Waals surface area contributed by atoms with Gasteiger partial charge in [-0.25, -0.2) is 0 Å². The van der Waals surface area contributed by atoms with E-state index in [4.69, 9.17) is 4.42 Å². The summed E-state index contributed by atoms with van der Waals surface area (Å²) in [7, 11) is 2.15. The normalized spacial score (nSPS) is 13.2. The van der Waals surface area contributed by atoms with Gasteiger partial charge in [-0.1, -0.05) is 27.2 Å². The van der Waals surface area contributed by atoms with E-state index in [0.717, 1.165) is 43.6 Å². The van der Waals surface area contributed by atoms with Crippen molar-refractivity contribution in [2.24, 2.45) is 5.92 Å². The minimum atomic E-state index is 0.746. The van der Waals surface area contributed by atoms with E-state index in [1.807, 2.05) is 0 Å². The van der Waals surface area contributed by atoms with Crippen molar-refractivity contribution in [1.29, 1.82) is 0 Å². The number of hydrogen-bond donors (Lipinski definition) is 1. The number of rotatable bonds is 8. The smallest absolute Gasteiger partial charge is 0.118 e. The van der Waals surface area contributed by atoms with E-state index >= 15 is 0 Å². The average molecular weight is 238 g/mol. The van der Waals surface area contributed by atoms with Gasteiger partial charge in [0.15, 0.2) is 0 Å². The molecule has 0 aromatic carbocycles. The Morgan fingerprint density at radius 2 is 2.00 bits per heavy atom. The molecular weight excluding hydrogens is 212 g/mol. The summed E-state index contributed by atoms with van der Waals surface area (Å²) in [5.41, 5.74) is 0. The summed E-state index contributed by atoms with van der Waals surface area (Å²) in [6, 6.07) is 4.15. The van der Waals surface area contributed by atoms with Crippen LogP contribution in [0.2, 0.25) is 0 Å².